The highest BCUT2D eigenvalue weighted by atomic mass is 15.3. The van der Waals surface area contributed by atoms with Gasteiger partial charge in [-0.25, -0.2) is 9.98 Å². The highest BCUT2D eigenvalue weighted by molar-refractivity contribution is 6.09. The zero-order valence-corrected chi connectivity index (χ0v) is 32.9. The molecule has 1 aromatic heterocycles. The Bertz CT molecular complexity index is 3070. The van der Waals surface area contributed by atoms with E-state index in [4.69, 9.17) is 20.2 Å². The predicted octanol–water partition coefficient (Wildman–Crippen LogP) is 12.4. The van der Waals surface area contributed by atoms with Crippen LogP contribution in [0.5, 0.6) is 0 Å². The average Bonchev–Trinajstić information content (AvgIpc) is 3.87. The molecule has 2 aliphatic heterocycles. The summed E-state index contributed by atoms with van der Waals surface area (Å²) in [6, 6.07) is 53.6. The number of hydrogen-bond donors (Lipinski definition) is 0. The van der Waals surface area contributed by atoms with E-state index in [0.717, 1.165) is 133 Å². The van der Waals surface area contributed by atoms with Gasteiger partial charge in [0, 0.05) is 38.3 Å². The Morgan fingerprint density at radius 2 is 0.966 bits per heavy atom. The zero-order chi connectivity index (χ0) is 39.0. The maximum atomic E-state index is 5.62. The molecule has 0 radical (unpaired) electrons. The van der Waals surface area contributed by atoms with E-state index < -0.39 is 0 Å². The van der Waals surface area contributed by atoms with Gasteiger partial charge < -0.3 is 0 Å². The first kappa shape index (κ1) is 35.6. The minimum Gasteiger partial charge on any atom is -0.247 e. The molecule has 0 saturated carbocycles. The van der Waals surface area contributed by atoms with E-state index in [2.05, 4.69) is 165 Å². The van der Waals surface area contributed by atoms with Crippen molar-refractivity contribution in [3.63, 3.8) is 0 Å². The van der Waals surface area contributed by atoms with Crippen molar-refractivity contribution < 1.29 is 0 Å². The van der Waals surface area contributed by atoms with Crippen LogP contribution < -0.4 is 10.7 Å². The predicted molar refractivity (Wildman–Crippen MR) is 235 cm³/mol. The molecular formula is C53H43N5. The number of rotatable bonds is 11. The number of benzene rings is 7. The van der Waals surface area contributed by atoms with Crippen molar-refractivity contribution >= 4 is 11.4 Å². The Hall–Kier alpha value is -6.85. The molecule has 0 N–H and O–H groups in total. The molecule has 5 heteroatoms. The smallest absolute Gasteiger partial charge is 0.106 e. The molecule has 5 nitrogen and oxygen atoms in total. The van der Waals surface area contributed by atoms with Gasteiger partial charge in [-0.2, -0.15) is 0 Å². The van der Waals surface area contributed by atoms with E-state index in [1.165, 1.54) is 16.7 Å². The molecule has 2 aliphatic rings. The zero-order valence-electron chi connectivity index (χ0n) is 32.9. The molecule has 0 atom stereocenters. The topological polar surface area (TPSA) is 63.4 Å². The first-order chi connectivity index (χ1) is 28.7. The molecule has 0 fully saturated rings. The maximum absolute atomic E-state index is 5.62. The third kappa shape index (κ3) is 5.97. The quantitative estimate of drug-likeness (QED) is 0.132. The lowest BCUT2D eigenvalue weighted by molar-refractivity contribution is 0.760. The van der Waals surface area contributed by atoms with Gasteiger partial charge in [0.05, 0.1) is 22.1 Å². The van der Waals surface area contributed by atoms with Gasteiger partial charge >= 0.3 is 0 Å². The van der Waals surface area contributed by atoms with Gasteiger partial charge in [0.15, 0.2) is 0 Å². The number of para-hydroxylation sites is 1. The van der Waals surface area contributed by atoms with Gasteiger partial charge in [0.2, 0.25) is 0 Å². The Morgan fingerprint density at radius 3 is 1.69 bits per heavy atom. The second-order valence-corrected chi connectivity index (χ2v) is 15.2. The van der Waals surface area contributed by atoms with Crippen LogP contribution in [0.1, 0.15) is 50.7 Å². The maximum Gasteiger partial charge on any atom is 0.106 e. The summed E-state index contributed by atoms with van der Waals surface area (Å²) in [5.74, 6) is 0. The summed E-state index contributed by atoms with van der Waals surface area (Å²) >= 11 is 0. The van der Waals surface area contributed by atoms with Crippen LogP contribution in [0.25, 0.3) is 67.0 Å². The fourth-order valence-electron chi connectivity index (χ4n) is 9.03. The second-order valence-electron chi connectivity index (χ2n) is 15.2. The van der Waals surface area contributed by atoms with Crippen molar-refractivity contribution in [1.29, 1.82) is 0 Å². The SMILES string of the molecule is CCCCc1c(CCCC)c(-c2ccccc2)c(-c2nnnc(-c3ccccc3)c2-c2ccccc2-c2ccccc2)c2c1N=c1ccc3c(c1-2)N=c1ccccc1=3. The van der Waals surface area contributed by atoms with Gasteiger partial charge in [-0.15, -0.1) is 10.2 Å². The summed E-state index contributed by atoms with van der Waals surface area (Å²) in [6.45, 7) is 4.56. The third-order valence-corrected chi connectivity index (χ3v) is 11.7. The molecule has 58 heavy (non-hydrogen) atoms. The van der Waals surface area contributed by atoms with Crippen molar-refractivity contribution in [2.75, 3.05) is 0 Å². The number of nitrogens with zero attached hydrogens (tertiary/aromatic N) is 5. The highest BCUT2D eigenvalue weighted by Crippen LogP contribution is 2.55. The van der Waals surface area contributed by atoms with E-state index in [9.17, 15) is 0 Å². The van der Waals surface area contributed by atoms with E-state index in [1.807, 2.05) is 6.07 Å². The summed E-state index contributed by atoms with van der Waals surface area (Å²) in [7, 11) is 0. The van der Waals surface area contributed by atoms with E-state index in [1.54, 1.807) is 0 Å². The molecule has 3 heterocycles. The van der Waals surface area contributed by atoms with Gasteiger partial charge in [-0.1, -0.05) is 160 Å². The molecule has 280 valence electrons. The van der Waals surface area contributed by atoms with Crippen LogP contribution in [0.15, 0.2) is 162 Å². The van der Waals surface area contributed by atoms with Gasteiger partial charge in [-0.05, 0) is 88.0 Å². The molecule has 0 unspecified atom stereocenters. The van der Waals surface area contributed by atoms with Crippen molar-refractivity contribution in [1.82, 2.24) is 15.4 Å². The molecule has 8 aromatic rings. The number of hydrogen-bond acceptors (Lipinski definition) is 5. The van der Waals surface area contributed by atoms with Crippen LogP contribution in [-0.2, 0) is 12.8 Å². The van der Waals surface area contributed by atoms with Gasteiger partial charge in [-0.3, -0.25) is 0 Å². The van der Waals surface area contributed by atoms with Crippen molar-refractivity contribution in [2.45, 2.75) is 52.4 Å². The van der Waals surface area contributed by atoms with Crippen LogP contribution >= 0.6 is 0 Å². The second kappa shape index (κ2) is 15.2. The summed E-state index contributed by atoms with van der Waals surface area (Å²) in [4.78, 5) is 11.0. The van der Waals surface area contributed by atoms with Crippen LogP contribution in [0.4, 0.5) is 11.4 Å². The van der Waals surface area contributed by atoms with Gasteiger partial charge in [0.1, 0.15) is 11.4 Å². The van der Waals surface area contributed by atoms with Crippen molar-refractivity contribution in [2.24, 2.45) is 9.98 Å². The Balaban J connectivity index is 1.42. The first-order valence-electron chi connectivity index (χ1n) is 20.7. The molecule has 7 aromatic carbocycles. The van der Waals surface area contributed by atoms with Crippen molar-refractivity contribution in [3.8, 4) is 67.0 Å². The summed E-state index contributed by atoms with van der Waals surface area (Å²) in [5.41, 5.74) is 17.1. The average molecular weight is 750 g/mol. The molecule has 10 rings (SSSR count). The van der Waals surface area contributed by atoms with Crippen LogP contribution in [0.3, 0.4) is 0 Å². The standard InChI is InChI=1S/C53H43N5/c1-3-5-26-40-41(27-6-4-2)52-49(47-44(55-52)33-32-42-38-29-18-19-31-43(38)54-51(42)47)48(45(40)35-22-12-8-13-23-35)53-46(50(56-58-57-53)36-24-14-9-15-25-36)39-30-17-16-28-37(39)34-20-10-7-11-21-34/h7-25,28-33H,3-6,26-27H2,1-2H3. The molecule has 0 aliphatic carbocycles. The van der Waals surface area contributed by atoms with E-state index in [-0.39, 0.29) is 0 Å². The van der Waals surface area contributed by atoms with Crippen LogP contribution in [0.2, 0.25) is 0 Å². The normalized spacial score (nSPS) is 12.0. The lowest BCUT2D eigenvalue weighted by atomic mass is 9.78. The monoisotopic (exact) mass is 749 g/mol. The van der Waals surface area contributed by atoms with E-state index in [0.29, 0.717) is 0 Å². The minimum atomic E-state index is 0.789. The molecule has 0 spiro atoms. The van der Waals surface area contributed by atoms with Crippen LogP contribution in [0, 0.1) is 10.4 Å². The number of fused-ring (bicyclic) bond motifs is 6. The molecule has 0 amide bonds. The van der Waals surface area contributed by atoms with Gasteiger partial charge in [0.25, 0.3) is 0 Å². The first-order valence-corrected chi connectivity index (χ1v) is 20.7. The fourth-order valence-corrected chi connectivity index (χ4v) is 9.03. The Morgan fingerprint density at radius 1 is 0.379 bits per heavy atom. The molecule has 0 bridgehead atoms. The minimum absolute atomic E-state index is 0.789. The summed E-state index contributed by atoms with van der Waals surface area (Å²) in [6.07, 6.45) is 6.18. The lowest BCUT2D eigenvalue weighted by Crippen LogP contribution is -2.08. The highest BCUT2D eigenvalue weighted by Gasteiger charge is 2.34. The van der Waals surface area contributed by atoms with Crippen LogP contribution in [-0.4, -0.2) is 15.4 Å². The number of unbranched alkanes of at least 4 members (excludes halogenated alkanes) is 2. The largest absolute Gasteiger partial charge is 0.247 e. The molecular weight excluding hydrogens is 707 g/mol. The van der Waals surface area contributed by atoms with Crippen molar-refractivity contribution in [3.05, 3.63) is 184 Å². The fraction of sp³-hybridized carbons (Fsp3) is 0.151. The summed E-state index contributed by atoms with van der Waals surface area (Å²) in [5, 5.41) is 19.0. The van der Waals surface area contributed by atoms with E-state index >= 15 is 0 Å². The number of aromatic nitrogens is 3. The lowest BCUT2D eigenvalue weighted by Gasteiger charge is -2.26. The Labute approximate surface area is 338 Å². The third-order valence-electron chi connectivity index (χ3n) is 11.7. The Kier molecular flexibility index (Phi) is 9.34. The summed E-state index contributed by atoms with van der Waals surface area (Å²) < 4.78 is 0. The molecule has 0 saturated heterocycles.